The number of thiocarbonyl (C=S) groups is 1. The first-order valence-electron chi connectivity index (χ1n) is 9.05. The maximum Gasteiger partial charge on any atom is 0.180 e. The lowest BCUT2D eigenvalue weighted by Crippen LogP contribution is -2.38. The van der Waals surface area contributed by atoms with Gasteiger partial charge < -0.3 is 10.6 Å². The number of rotatable bonds is 3. The van der Waals surface area contributed by atoms with Gasteiger partial charge in [0, 0.05) is 11.6 Å². The number of fused-ring (bicyclic) bond motifs is 1. The Morgan fingerprint density at radius 1 is 0.962 bits per heavy atom. The highest BCUT2D eigenvalue weighted by atomic mass is 32.1. The van der Waals surface area contributed by atoms with Crippen molar-refractivity contribution in [2.45, 2.75) is 38.1 Å². The van der Waals surface area contributed by atoms with Crippen molar-refractivity contribution in [3.8, 4) is 11.3 Å². The third-order valence-corrected chi connectivity index (χ3v) is 4.88. The predicted octanol–water partition coefficient (Wildman–Crippen LogP) is 4.31. The van der Waals surface area contributed by atoms with Gasteiger partial charge in [0.25, 0.3) is 0 Å². The number of anilines is 1. The summed E-state index contributed by atoms with van der Waals surface area (Å²) in [7, 11) is 0. The van der Waals surface area contributed by atoms with Crippen LogP contribution in [-0.2, 0) is 0 Å². The van der Waals surface area contributed by atoms with Gasteiger partial charge in [0.15, 0.2) is 10.8 Å². The molecule has 1 fully saturated rings. The van der Waals surface area contributed by atoms with Crippen molar-refractivity contribution < 1.29 is 0 Å². The molecule has 0 aliphatic heterocycles. The van der Waals surface area contributed by atoms with E-state index < -0.39 is 0 Å². The average Bonchev–Trinajstić information content (AvgIpc) is 2.69. The maximum absolute atomic E-state index is 5.44. The molecule has 2 N–H and O–H groups in total. The quantitative estimate of drug-likeness (QED) is 0.676. The molecule has 1 aliphatic carbocycles. The predicted molar refractivity (Wildman–Crippen MR) is 109 cm³/mol. The first-order valence-corrected chi connectivity index (χ1v) is 9.45. The zero-order valence-electron chi connectivity index (χ0n) is 14.5. The Kier molecular flexibility index (Phi) is 5.02. The molecule has 0 unspecified atom stereocenters. The van der Waals surface area contributed by atoms with Gasteiger partial charge >= 0.3 is 0 Å². The molecule has 0 saturated heterocycles. The topological polar surface area (TPSA) is 62.7 Å². The van der Waals surface area contributed by atoms with Gasteiger partial charge in [-0.3, -0.25) is 4.98 Å². The lowest BCUT2D eigenvalue weighted by molar-refractivity contribution is 0.415. The Morgan fingerprint density at radius 2 is 1.77 bits per heavy atom. The highest BCUT2D eigenvalue weighted by Gasteiger charge is 2.14. The van der Waals surface area contributed by atoms with Crippen molar-refractivity contribution in [3.63, 3.8) is 0 Å². The van der Waals surface area contributed by atoms with Crippen molar-refractivity contribution in [1.82, 2.24) is 20.3 Å². The standard InChI is InChI=1S/C20H21N5S/c26-20(22-15-9-5-2-6-10-15)25-18-12-11-16-19(24-18)23-17(13-21-16)14-7-3-1-4-8-14/h1,3-4,7-8,11-13,15H,2,5-6,9-10H2,(H2,22,23,24,25,26). The SMILES string of the molecule is S=C(Nc1ccc2ncc(-c3ccccc3)nc2n1)NC1CCCCC1. The van der Waals surface area contributed by atoms with Crippen molar-refractivity contribution in [3.05, 3.63) is 48.7 Å². The summed E-state index contributed by atoms with van der Waals surface area (Å²) in [4.78, 5) is 13.7. The number of hydrogen-bond donors (Lipinski definition) is 2. The van der Waals surface area contributed by atoms with Gasteiger partial charge in [-0.2, -0.15) is 0 Å². The molecular formula is C20H21N5S. The van der Waals surface area contributed by atoms with Crippen molar-refractivity contribution in [2.24, 2.45) is 0 Å². The lowest BCUT2D eigenvalue weighted by atomic mass is 9.96. The summed E-state index contributed by atoms with van der Waals surface area (Å²) in [5.41, 5.74) is 3.21. The average molecular weight is 363 g/mol. The largest absolute Gasteiger partial charge is 0.360 e. The normalized spacial score (nSPS) is 14.9. The van der Waals surface area contributed by atoms with Crippen LogP contribution in [0.1, 0.15) is 32.1 Å². The van der Waals surface area contributed by atoms with Crippen LogP contribution >= 0.6 is 12.2 Å². The minimum Gasteiger partial charge on any atom is -0.360 e. The molecule has 2 heterocycles. The van der Waals surface area contributed by atoms with Crippen LogP contribution in [-0.4, -0.2) is 26.1 Å². The fourth-order valence-corrected chi connectivity index (χ4v) is 3.57. The second-order valence-electron chi connectivity index (χ2n) is 6.59. The molecule has 0 bridgehead atoms. The van der Waals surface area contributed by atoms with Crippen LogP contribution in [0.15, 0.2) is 48.7 Å². The van der Waals surface area contributed by atoms with E-state index in [4.69, 9.17) is 12.2 Å². The number of pyridine rings is 1. The van der Waals surface area contributed by atoms with Gasteiger partial charge in [0.05, 0.1) is 11.9 Å². The monoisotopic (exact) mass is 363 g/mol. The number of nitrogens with zero attached hydrogens (tertiary/aromatic N) is 3. The molecule has 1 aromatic carbocycles. The second-order valence-corrected chi connectivity index (χ2v) is 7.00. The van der Waals surface area contributed by atoms with Crippen molar-refractivity contribution >= 4 is 34.3 Å². The van der Waals surface area contributed by atoms with Crippen molar-refractivity contribution in [2.75, 3.05) is 5.32 Å². The first kappa shape index (κ1) is 16.8. The third kappa shape index (κ3) is 3.96. The van der Waals surface area contributed by atoms with Crippen LogP contribution in [0.4, 0.5) is 5.82 Å². The van der Waals surface area contributed by atoms with Crippen LogP contribution in [0.5, 0.6) is 0 Å². The van der Waals surface area contributed by atoms with E-state index in [2.05, 4.69) is 25.6 Å². The van der Waals surface area contributed by atoms with Crippen molar-refractivity contribution in [1.29, 1.82) is 0 Å². The Hall–Kier alpha value is -2.60. The summed E-state index contributed by atoms with van der Waals surface area (Å²) in [6, 6.07) is 14.3. The second kappa shape index (κ2) is 7.74. The molecule has 3 aromatic rings. The van der Waals surface area contributed by atoms with Gasteiger partial charge in [-0.15, -0.1) is 0 Å². The van der Waals surface area contributed by atoms with Gasteiger partial charge in [-0.1, -0.05) is 49.6 Å². The number of nitrogens with one attached hydrogen (secondary N) is 2. The molecule has 6 heteroatoms. The van der Waals surface area contributed by atoms with E-state index in [0.29, 0.717) is 22.6 Å². The zero-order valence-corrected chi connectivity index (χ0v) is 15.3. The van der Waals surface area contributed by atoms with Gasteiger partial charge in [0.2, 0.25) is 0 Å². The maximum atomic E-state index is 5.44. The zero-order chi connectivity index (χ0) is 17.8. The molecule has 1 aliphatic rings. The number of hydrogen-bond acceptors (Lipinski definition) is 4. The van der Waals surface area contributed by atoms with E-state index in [1.165, 1.54) is 32.1 Å². The molecule has 1 saturated carbocycles. The molecular weight excluding hydrogens is 342 g/mol. The van der Waals surface area contributed by atoms with Gasteiger partial charge in [-0.05, 0) is 37.2 Å². The Labute approximate surface area is 158 Å². The van der Waals surface area contributed by atoms with Crippen LogP contribution in [0.3, 0.4) is 0 Å². The summed E-state index contributed by atoms with van der Waals surface area (Å²) >= 11 is 5.44. The smallest absolute Gasteiger partial charge is 0.180 e. The molecule has 26 heavy (non-hydrogen) atoms. The van der Waals surface area contributed by atoms with Gasteiger partial charge in [-0.25, -0.2) is 9.97 Å². The fourth-order valence-electron chi connectivity index (χ4n) is 3.30. The summed E-state index contributed by atoms with van der Waals surface area (Å²) < 4.78 is 0. The van der Waals surface area contributed by atoms with Gasteiger partial charge in [0.1, 0.15) is 11.3 Å². The van der Waals surface area contributed by atoms with Crippen LogP contribution < -0.4 is 10.6 Å². The Morgan fingerprint density at radius 3 is 2.58 bits per heavy atom. The van der Waals surface area contributed by atoms with E-state index in [-0.39, 0.29) is 0 Å². The van der Waals surface area contributed by atoms with E-state index >= 15 is 0 Å². The molecule has 2 aromatic heterocycles. The van der Waals surface area contributed by atoms with E-state index in [0.717, 1.165) is 16.8 Å². The summed E-state index contributed by atoms with van der Waals surface area (Å²) in [6.45, 7) is 0. The Balaban J connectivity index is 1.51. The molecule has 5 nitrogen and oxygen atoms in total. The minimum absolute atomic E-state index is 0.466. The van der Waals surface area contributed by atoms with E-state index in [1.54, 1.807) is 6.20 Å². The molecule has 0 spiro atoms. The molecule has 132 valence electrons. The van der Waals surface area contributed by atoms with Crippen LogP contribution in [0, 0.1) is 0 Å². The number of benzene rings is 1. The highest BCUT2D eigenvalue weighted by molar-refractivity contribution is 7.80. The van der Waals surface area contributed by atoms with E-state index in [1.807, 2.05) is 42.5 Å². The van der Waals surface area contributed by atoms with Crippen LogP contribution in [0.2, 0.25) is 0 Å². The van der Waals surface area contributed by atoms with Crippen LogP contribution in [0.25, 0.3) is 22.4 Å². The first-order chi connectivity index (χ1) is 12.8. The van der Waals surface area contributed by atoms with E-state index in [9.17, 15) is 0 Å². The molecule has 0 radical (unpaired) electrons. The highest BCUT2D eigenvalue weighted by Crippen LogP contribution is 2.20. The molecule has 0 atom stereocenters. The minimum atomic E-state index is 0.466. The number of aromatic nitrogens is 3. The third-order valence-electron chi connectivity index (χ3n) is 4.66. The lowest BCUT2D eigenvalue weighted by Gasteiger charge is -2.24. The molecule has 4 rings (SSSR count). The fraction of sp³-hybridized carbons (Fsp3) is 0.300. The molecule has 0 amide bonds. The summed E-state index contributed by atoms with van der Waals surface area (Å²) in [6.07, 6.45) is 8.01. The summed E-state index contributed by atoms with van der Waals surface area (Å²) in [5.74, 6) is 0.685. The summed E-state index contributed by atoms with van der Waals surface area (Å²) in [5, 5.41) is 7.20. The Bertz CT molecular complexity index is 906.